The van der Waals surface area contributed by atoms with Gasteiger partial charge in [0, 0.05) is 0 Å². The van der Waals surface area contributed by atoms with E-state index in [2.05, 4.69) is 41.5 Å². The molecule has 40 heavy (non-hydrogen) atoms. The highest BCUT2D eigenvalue weighted by atomic mass is 28.4. The molecule has 3 rings (SSSR count). The summed E-state index contributed by atoms with van der Waals surface area (Å²) >= 11 is 0. The molecule has 1 unspecified atom stereocenters. The highest BCUT2D eigenvalue weighted by Crippen LogP contribution is 2.45. The van der Waals surface area contributed by atoms with Crippen LogP contribution in [0.25, 0.3) is 0 Å². The zero-order chi connectivity index (χ0) is 29.3. The van der Waals surface area contributed by atoms with Gasteiger partial charge in [0.05, 0.1) is 0 Å². The normalized spacial score (nSPS) is 21.1. The number of benzene rings is 2. The number of halogens is 1. The van der Waals surface area contributed by atoms with Gasteiger partial charge < -0.3 is 28.1 Å². The van der Waals surface area contributed by atoms with E-state index in [-0.39, 0.29) is 29.8 Å². The van der Waals surface area contributed by atoms with Gasteiger partial charge in [-0.3, -0.25) is 0 Å². The van der Waals surface area contributed by atoms with E-state index in [1.54, 1.807) is 12.1 Å². The van der Waals surface area contributed by atoms with Crippen molar-refractivity contribution in [3.05, 3.63) is 71.8 Å². The van der Waals surface area contributed by atoms with Gasteiger partial charge in [-0.2, -0.15) is 0 Å². The summed E-state index contributed by atoms with van der Waals surface area (Å²) in [6.07, 6.45) is -7.65. The third kappa shape index (κ3) is 8.05. The molecule has 220 valence electrons. The van der Waals surface area contributed by atoms with Gasteiger partial charge in [0.1, 0.15) is 25.9 Å². The Bertz CT molecular complexity index is 1040. The van der Waals surface area contributed by atoms with Crippen LogP contribution in [-0.4, -0.2) is 51.9 Å². The molecule has 0 bridgehead atoms. The molecule has 4 atom stereocenters. The summed E-state index contributed by atoms with van der Waals surface area (Å²) < 4.78 is 49.3. The lowest BCUT2D eigenvalue weighted by atomic mass is 10.1. The number of hydrogen-bond acceptors (Lipinski definition) is 8. The van der Waals surface area contributed by atoms with Crippen molar-refractivity contribution < 1.29 is 42.1 Å². The molecule has 8 nitrogen and oxygen atoms in total. The standard InChI is InChI=1S/C30H41FO8Si/c1-20(2)40(21(3)4,22(5)6)39-28-26(31)27(38-30(33)35-18-24-15-11-8-12-16-24)25(37-28)19-36-29(32)34-17-23-13-9-7-10-14-23/h7-16,20-22,25-28H,17-19H2,1-6H3/t25-,26+,27-,28?/m1/s1. The van der Waals surface area contributed by atoms with E-state index in [9.17, 15) is 9.59 Å². The molecule has 0 aromatic heterocycles. The van der Waals surface area contributed by atoms with Crippen LogP contribution in [0.1, 0.15) is 52.7 Å². The second-order valence-corrected chi connectivity index (χ2v) is 16.3. The van der Waals surface area contributed by atoms with Crippen LogP contribution in [0.4, 0.5) is 14.0 Å². The third-order valence-electron chi connectivity index (χ3n) is 7.27. The lowest BCUT2D eigenvalue weighted by Crippen LogP contribution is -2.52. The first-order valence-electron chi connectivity index (χ1n) is 13.7. The molecule has 2 aromatic rings. The Morgan fingerprint density at radius 2 is 1.25 bits per heavy atom. The average molecular weight is 577 g/mol. The number of alkyl halides is 1. The predicted octanol–water partition coefficient (Wildman–Crippen LogP) is 7.32. The fraction of sp³-hybridized carbons (Fsp3) is 0.533. The van der Waals surface area contributed by atoms with Crippen LogP contribution in [-0.2, 0) is 41.3 Å². The molecule has 2 aromatic carbocycles. The number of carbonyl (C=O) groups excluding carboxylic acids is 2. The van der Waals surface area contributed by atoms with Crippen LogP contribution < -0.4 is 0 Å². The number of hydrogen-bond donors (Lipinski definition) is 0. The lowest BCUT2D eigenvalue weighted by Gasteiger charge is -2.43. The van der Waals surface area contributed by atoms with Gasteiger partial charge in [0.15, 0.2) is 18.6 Å². The van der Waals surface area contributed by atoms with Gasteiger partial charge in [-0.25, -0.2) is 14.0 Å². The smallest absolute Gasteiger partial charge is 0.431 e. The van der Waals surface area contributed by atoms with Crippen molar-refractivity contribution in [1.29, 1.82) is 0 Å². The third-order valence-corrected chi connectivity index (χ3v) is 13.3. The van der Waals surface area contributed by atoms with E-state index < -0.39 is 51.9 Å². The molecule has 0 spiro atoms. The van der Waals surface area contributed by atoms with Crippen molar-refractivity contribution in [1.82, 2.24) is 0 Å². The summed E-state index contributed by atoms with van der Waals surface area (Å²) in [4.78, 5) is 24.8. The van der Waals surface area contributed by atoms with Gasteiger partial charge in [0.2, 0.25) is 8.32 Å². The van der Waals surface area contributed by atoms with Crippen LogP contribution >= 0.6 is 0 Å². The molecular weight excluding hydrogens is 535 g/mol. The second-order valence-electron chi connectivity index (χ2n) is 10.9. The van der Waals surface area contributed by atoms with Crippen molar-refractivity contribution in [2.75, 3.05) is 6.61 Å². The molecular formula is C30H41FO8Si. The topological polar surface area (TPSA) is 89.5 Å². The summed E-state index contributed by atoms with van der Waals surface area (Å²) in [5, 5.41) is 0. The van der Waals surface area contributed by atoms with E-state index >= 15 is 4.39 Å². The molecule has 0 N–H and O–H groups in total. The monoisotopic (exact) mass is 576 g/mol. The van der Waals surface area contributed by atoms with Gasteiger partial charge >= 0.3 is 12.3 Å². The maximum Gasteiger partial charge on any atom is 0.509 e. The molecule has 1 aliphatic heterocycles. The molecule has 1 saturated heterocycles. The molecule has 0 saturated carbocycles. The zero-order valence-corrected chi connectivity index (χ0v) is 25.1. The van der Waals surface area contributed by atoms with E-state index in [0.29, 0.717) is 0 Å². The van der Waals surface area contributed by atoms with Gasteiger partial charge in [-0.05, 0) is 27.8 Å². The lowest BCUT2D eigenvalue weighted by molar-refractivity contribution is -0.117. The van der Waals surface area contributed by atoms with Crippen LogP contribution in [0.3, 0.4) is 0 Å². The van der Waals surface area contributed by atoms with Crippen molar-refractivity contribution >= 4 is 20.6 Å². The average Bonchev–Trinajstić information content (AvgIpc) is 3.22. The van der Waals surface area contributed by atoms with Gasteiger partial charge in [-0.15, -0.1) is 0 Å². The van der Waals surface area contributed by atoms with Crippen LogP contribution in [0.5, 0.6) is 0 Å². The van der Waals surface area contributed by atoms with Crippen LogP contribution in [0.2, 0.25) is 16.6 Å². The molecule has 0 radical (unpaired) electrons. The molecule has 1 fully saturated rings. The number of carbonyl (C=O) groups is 2. The van der Waals surface area contributed by atoms with E-state index in [1.165, 1.54) is 0 Å². The maximum absolute atomic E-state index is 15.9. The van der Waals surface area contributed by atoms with Crippen molar-refractivity contribution in [2.24, 2.45) is 0 Å². The first-order valence-corrected chi connectivity index (χ1v) is 15.9. The summed E-state index contributed by atoms with van der Waals surface area (Å²) in [6.45, 7) is 12.0. The summed E-state index contributed by atoms with van der Waals surface area (Å²) in [5.74, 6) is 0. The van der Waals surface area contributed by atoms with E-state index in [4.69, 9.17) is 28.1 Å². The maximum atomic E-state index is 15.9. The SMILES string of the molecule is CC(C)[Si](OC1O[C@H](COC(=O)OCc2ccccc2)[C@@H](OC(=O)OCc2ccccc2)[C@@H]1F)(C(C)C)C(C)C. The Morgan fingerprint density at radius 3 is 1.73 bits per heavy atom. The Kier molecular flexibility index (Phi) is 11.5. The molecule has 1 aliphatic rings. The number of rotatable bonds is 12. The molecule has 10 heteroatoms. The zero-order valence-electron chi connectivity index (χ0n) is 24.1. The Labute approximate surface area is 237 Å². The highest BCUT2D eigenvalue weighted by Gasteiger charge is 2.55. The van der Waals surface area contributed by atoms with Crippen molar-refractivity contribution in [2.45, 2.75) is 96.0 Å². The minimum absolute atomic E-state index is 0.0136. The Morgan fingerprint density at radius 1 is 0.775 bits per heavy atom. The first kappa shape index (κ1) is 31.6. The quantitative estimate of drug-likeness (QED) is 0.192. The summed E-state index contributed by atoms with van der Waals surface area (Å²) in [6, 6.07) is 18.2. The molecule has 0 amide bonds. The Hall–Kier alpha value is -2.95. The minimum atomic E-state index is -2.56. The second kappa shape index (κ2) is 14.6. The van der Waals surface area contributed by atoms with Crippen LogP contribution in [0.15, 0.2) is 60.7 Å². The highest BCUT2D eigenvalue weighted by molar-refractivity contribution is 6.77. The van der Waals surface area contributed by atoms with E-state index in [1.807, 2.05) is 48.5 Å². The fourth-order valence-electron chi connectivity index (χ4n) is 5.43. The van der Waals surface area contributed by atoms with Crippen molar-refractivity contribution in [3.63, 3.8) is 0 Å². The van der Waals surface area contributed by atoms with Gasteiger partial charge in [0.25, 0.3) is 0 Å². The van der Waals surface area contributed by atoms with Gasteiger partial charge in [-0.1, -0.05) is 102 Å². The van der Waals surface area contributed by atoms with Crippen molar-refractivity contribution in [3.8, 4) is 0 Å². The molecule has 1 heterocycles. The van der Waals surface area contributed by atoms with Crippen LogP contribution in [0, 0.1) is 0 Å². The predicted molar refractivity (Wildman–Crippen MR) is 150 cm³/mol. The minimum Gasteiger partial charge on any atom is -0.431 e. The summed E-state index contributed by atoms with van der Waals surface area (Å²) in [7, 11) is -2.56. The summed E-state index contributed by atoms with van der Waals surface area (Å²) in [5.41, 5.74) is 2.04. The van der Waals surface area contributed by atoms with E-state index in [0.717, 1.165) is 11.1 Å². The largest absolute Gasteiger partial charge is 0.509 e. The Balaban J connectivity index is 1.70. The number of ether oxygens (including phenoxy) is 5. The fourth-order valence-corrected chi connectivity index (χ4v) is 10.8. The first-order chi connectivity index (χ1) is 19.0. The molecule has 0 aliphatic carbocycles.